The molecule has 2 aromatic carbocycles. The number of hydrogen-bond donors (Lipinski definition) is 0. The molecule has 112 valence electrons. The Morgan fingerprint density at radius 2 is 1.55 bits per heavy atom. The number of benzene rings is 2. The van der Waals surface area contributed by atoms with Gasteiger partial charge in [0.15, 0.2) is 0 Å². The molecular formula is C20H21S2+. The molecule has 2 aliphatic heterocycles. The fourth-order valence-electron chi connectivity index (χ4n) is 3.44. The third-order valence-electron chi connectivity index (χ3n) is 4.68. The summed E-state index contributed by atoms with van der Waals surface area (Å²) >= 11 is 1.99. The second-order valence-electron chi connectivity index (χ2n) is 6.11. The van der Waals surface area contributed by atoms with Gasteiger partial charge in [-0.15, -0.1) is 11.8 Å². The van der Waals surface area contributed by atoms with E-state index in [1.54, 1.807) is 11.1 Å². The van der Waals surface area contributed by atoms with Crippen molar-refractivity contribution < 1.29 is 0 Å². The van der Waals surface area contributed by atoms with Crippen molar-refractivity contribution in [3.05, 3.63) is 70.8 Å². The Labute approximate surface area is 140 Å². The van der Waals surface area contributed by atoms with Crippen LogP contribution in [0, 0.1) is 0 Å². The van der Waals surface area contributed by atoms with E-state index in [-0.39, 0.29) is 0 Å². The fraction of sp³-hybridized carbons (Fsp3) is 0.300. The summed E-state index contributed by atoms with van der Waals surface area (Å²) in [5.41, 5.74) is 7.67. The molecule has 0 saturated carbocycles. The van der Waals surface area contributed by atoms with E-state index in [0.717, 1.165) is 5.75 Å². The van der Waals surface area contributed by atoms with Crippen LogP contribution < -0.4 is 0 Å². The van der Waals surface area contributed by atoms with Gasteiger partial charge in [0.05, 0.1) is 6.26 Å². The van der Waals surface area contributed by atoms with E-state index in [4.69, 9.17) is 0 Å². The largest absolute Gasteiger partial charge is 0.121 e. The van der Waals surface area contributed by atoms with E-state index in [2.05, 4.69) is 54.8 Å². The van der Waals surface area contributed by atoms with Gasteiger partial charge in [-0.3, -0.25) is 0 Å². The molecule has 0 bridgehead atoms. The topological polar surface area (TPSA) is 0 Å². The first-order valence-electron chi connectivity index (χ1n) is 7.94. The number of rotatable bonds is 0. The average Bonchev–Trinajstić information content (AvgIpc) is 2.73. The second kappa shape index (κ2) is 6.17. The van der Waals surface area contributed by atoms with Crippen LogP contribution in [0.5, 0.6) is 0 Å². The van der Waals surface area contributed by atoms with Gasteiger partial charge in [0.2, 0.25) is 0 Å². The zero-order valence-corrected chi connectivity index (χ0v) is 14.6. The monoisotopic (exact) mass is 325 g/mol. The van der Waals surface area contributed by atoms with Crippen LogP contribution in [0.15, 0.2) is 59.0 Å². The lowest BCUT2D eigenvalue weighted by Crippen LogP contribution is -2.18. The first-order valence-corrected chi connectivity index (χ1v) is 10.9. The van der Waals surface area contributed by atoms with E-state index < -0.39 is 0 Å². The third kappa shape index (κ3) is 2.63. The van der Waals surface area contributed by atoms with Crippen molar-refractivity contribution in [1.29, 1.82) is 0 Å². The van der Waals surface area contributed by atoms with Crippen molar-refractivity contribution >= 4 is 28.2 Å². The summed E-state index contributed by atoms with van der Waals surface area (Å²) in [6.07, 6.45) is 4.98. The van der Waals surface area contributed by atoms with Crippen molar-refractivity contribution in [2.24, 2.45) is 0 Å². The summed E-state index contributed by atoms with van der Waals surface area (Å²) in [5, 5.41) is 0. The average molecular weight is 326 g/mol. The van der Waals surface area contributed by atoms with Crippen LogP contribution in [0.4, 0.5) is 0 Å². The summed E-state index contributed by atoms with van der Waals surface area (Å²) in [6, 6.07) is 18.0. The lowest BCUT2D eigenvalue weighted by Gasteiger charge is -2.21. The van der Waals surface area contributed by atoms with Crippen LogP contribution in [0.1, 0.15) is 29.5 Å². The highest BCUT2D eigenvalue weighted by Gasteiger charge is 2.26. The molecule has 0 aliphatic carbocycles. The van der Waals surface area contributed by atoms with Gasteiger partial charge in [0.25, 0.3) is 0 Å². The van der Waals surface area contributed by atoms with Crippen molar-refractivity contribution in [3.8, 4) is 0 Å². The Bertz CT molecular complexity index is 670. The predicted octanol–water partition coefficient (Wildman–Crippen LogP) is 5.14. The molecule has 2 heteroatoms. The normalized spacial score (nSPS) is 21.0. The summed E-state index contributed by atoms with van der Waals surface area (Å²) in [4.78, 5) is 1.45. The molecule has 0 nitrogen and oxygen atoms in total. The number of fused-ring (bicyclic) bond motifs is 2. The number of hydrogen-bond acceptors (Lipinski definition) is 1. The smallest absolute Gasteiger partial charge is 0.111 e. The molecule has 0 unspecified atom stereocenters. The van der Waals surface area contributed by atoms with Crippen LogP contribution in [-0.4, -0.2) is 17.8 Å². The summed E-state index contributed by atoms with van der Waals surface area (Å²) in [6.45, 7) is 0. The van der Waals surface area contributed by atoms with Crippen molar-refractivity contribution in [1.82, 2.24) is 0 Å². The lowest BCUT2D eigenvalue weighted by atomic mass is 9.88. The minimum Gasteiger partial charge on any atom is -0.121 e. The number of thioether (sulfide) groups is 1. The minimum absolute atomic E-state index is 0.625. The molecule has 4 rings (SSSR count). The standard InChI is InChI=1S/C20H21S2/c1-22-12-10-15(11-13-22)20-17-7-3-2-6-16(17)14-21-19-9-5-4-8-18(19)20/h2-9H,10-14H2,1H3/q+1. The highest BCUT2D eigenvalue weighted by molar-refractivity contribution is 7.98. The van der Waals surface area contributed by atoms with E-state index in [0.29, 0.717) is 10.9 Å². The highest BCUT2D eigenvalue weighted by Crippen LogP contribution is 2.43. The van der Waals surface area contributed by atoms with E-state index in [1.807, 2.05) is 11.8 Å². The molecule has 0 spiro atoms. The van der Waals surface area contributed by atoms with Crippen LogP contribution in [0.2, 0.25) is 0 Å². The zero-order valence-electron chi connectivity index (χ0n) is 13.0. The van der Waals surface area contributed by atoms with E-state index >= 15 is 0 Å². The van der Waals surface area contributed by atoms with Gasteiger partial charge in [-0.05, 0) is 39.2 Å². The van der Waals surface area contributed by atoms with Crippen LogP contribution in [0.25, 0.3) is 5.57 Å². The maximum atomic E-state index is 2.42. The maximum Gasteiger partial charge on any atom is 0.111 e. The second-order valence-corrected chi connectivity index (χ2v) is 9.51. The van der Waals surface area contributed by atoms with Crippen molar-refractivity contribution in [3.63, 3.8) is 0 Å². The Morgan fingerprint density at radius 1 is 0.864 bits per heavy atom. The van der Waals surface area contributed by atoms with Crippen LogP contribution >= 0.6 is 11.8 Å². The molecule has 1 saturated heterocycles. The fourth-order valence-corrected chi connectivity index (χ4v) is 5.90. The Hall–Kier alpha value is -1.12. The third-order valence-corrected chi connectivity index (χ3v) is 7.61. The molecule has 0 atom stereocenters. The molecule has 22 heavy (non-hydrogen) atoms. The first kappa shape index (κ1) is 14.5. The highest BCUT2D eigenvalue weighted by atomic mass is 32.2. The molecule has 2 aromatic rings. The van der Waals surface area contributed by atoms with Gasteiger partial charge >= 0.3 is 0 Å². The van der Waals surface area contributed by atoms with Gasteiger partial charge in [-0.1, -0.05) is 48.0 Å². The van der Waals surface area contributed by atoms with Crippen LogP contribution in [0.3, 0.4) is 0 Å². The Balaban J connectivity index is 1.93. The summed E-state index contributed by atoms with van der Waals surface area (Å²) in [5.74, 6) is 3.83. The van der Waals surface area contributed by atoms with Gasteiger partial charge in [-0.25, -0.2) is 0 Å². The summed E-state index contributed by atoms with van der Waals surface area (Å²) < 4.78 is 0. The van der Waals surface area contributed by atoms with E-state index in [1.165, 1.54) is 45.9 Å². The Kier molecular flexibility index (Phi) is 4.06. The summed E-state index contributed by atoms with van der Waals surface area (Å²) in [7, 11) is 0.625. The van der Waals surface area contributed by atoms with Gasteiger partial charge in [0, 0.05) is 23.5 Å². The molecular weight excluding hydrogens is 304 g/mol. The molecule has 2 heterocycles. The molecule has 2 aliphatic rings. The maximum absolute atomic E-state index is 2.42. The lowest BCUT2D eigenvalue weighted by molar-refractivity contribution is 0.958. The predicted molar refractivity (Wildman–Crippen MR) is 101 cm³/mol. The number of allylic oxidation sites excluding steroid dienone is 1. The molecule has 0 radical (unpaired) electrons. The van der Waals surface area contributed by atoms with Gasteiger partial charge < -0.3 is 0 Å². The zero-order chi connectivity index (χ0) is 14.9. The minimum atomic E-state index is 0.625. The SMILES string of the molecule is C[S+]1CCC(=C2c3ccccc3CSc3ccccc32)CC1. The van der Waals surface area contributed by atoms with Crippen molar-refractivity contribution in [2.75, 3.05) is 17.8 Å². The van der Waals surface area contributed by atoms with Crippen molar-refractivity contribution in [2.45, 2.75) is 23.5 Å². The molecule has 1 fully saturated rings. The van der Waals surface area contributed by atoms with Gasteiger partial charge in [0.1, 0.15) is 11.5 Å². The van der Waals surface area contributed by atoms with E-state index in [9.17, 15) is 0 Å². The van der Waals surface area contributed by atoms with Gasteiger partial charge in [-0.2, -0.15) is 0 Å². The van der Waals surface area contributed by atoms with Crippen LogP contribution in [-0.2, 0) is 16.6 Å². The first-order chi connectivity index (χ1) is 10.8. The quantitative estimate of drug-likeness (QED) is 0.605. The molecule has 0 N–H and O–H groups in total. The molecule has 0 amide bonds. The molecule has 0 aromatic heterocycles. The Morgan fingerprint density at radius 3 is 2.36 bits per heavy atom.